The van der Waals surface area contributed by atoms with Crippen LogP contribution in [0.4, 0.5) is 0 Å². The number of aliphatic hydroxyl groups excluding tert-OH is 1. The summed E-state index contributed by atoms with van der Waals surface area (Å²) < 4.78 is 68.6. The Morgan fingerprint density at radius 1 is 0.255 bits per heavy atom. The Kier molecular flexibility index (Phi) is 66.8. The highest BCUT2D eigenvalue weighted by Gasteiger charge is 2.30. The first kappa shape index (κ1) is 96.1. The van der Waals surface area contributed by atoms with Gasteiger partial charge in [0.2, 0.25) is 0 Å². The Labute approximate surface area is 600 Å². The van der Waals surface area contributed by atoms with E-state index in [2.05, 4.69) is 55.4 Å². The number of esters is 4. The number of rotatable bonds is 76. The number of hydrogen-bond donors (Lipinski definition) is 3. The molecule has 19 heteroatoms. The molecular weight excluding hydrogens is 1280 g/mol. The summed E-state index contributed by atoms with van der Waals surface area (Å²) in [5.41, 5.74) is 0. The molecule has 0 heterocycles. The van der Waals surface area contributed by atoms with Gasteiger partial charge in [0.05, 0.1) is 26.4 Å². The zero-order valence-corrected chi connectivity index (χ0v) is 66.2. The third-order valence-electron chi connectivity index (χ3n) is 18.3. The average molecular weight is 1440 g/mol. The molecule has 0 spiro atoms. The van der Waals surface area contributed by atoms with Crippen molar-refractivity contribution in [1.82, 2.24) is 0 Å². The quantitative estimate of drug-likeness (QED) is 0.0222. The Balaban J connectivity index is 5.24. The van der Waals surface area contributed by atoms with Crippen molar-refractivity contribution in [2.75, 3.05) is 39.6 Å². The van der Waals surface area contributed by atoms with Crippen LogP contribution in [-0.4, -0.2) is 96.7 Å². The van der Waals surface area contributed by atoms with E-state index in [-0.39, 0.29) is 25.7 Å². The van der Waals surface area contributed by atoms with Crippen molar-refractivity contribution in [2.45, 2.75) is 420 Å². The highest BCUT2D eigenvalue weighted by atomic mass is 31.2. The van der Waals surface area contributed by atoms with Gasteiger partial charge in [0, 0.05) is 25.7 Å². The van der Waals surface area contributed by atoms with Crippen molar-refractivity contribution < 1.29 is 80.2 Å². The Hall–Kier alpha value is -1.94. The molecule has 17 nitrogen and oxygen atoms in total. The van der Waals surface area contributed by atoms with E-state index >= 15 is 0 Å². The minimum atomic E-state index is -4.96. The number of phosphoric ester groups is 2. The normalized spacial score (nSPS) is 14.1. The second-order valence-electron chi connectivity index (χ2n) is 30.4. The molecule has 0 bridgehead atoms. The first-order chi connectivity index (χ1) is 47.1. The van der Waals surface area contributed by atoms with Crippen molar-refractivity contribution in [3.8, 4) is 0 Å². The molecule has 0 radical (unpaired) electrons. The van der Waals surface area contributed by atoms with Gasteiger partial charge in [-0.2, -0.15) is 0 Å². The molecule has 0 amide bonds. The van der Waals surface area contributed by atoms with Crippen LogP contribution >= 0.6 is 15.6 Å². The fourth-order valence-corrected chi connectivity index (χ4v) is 13.7. The smallest absolute Gasteiger partial charge is 0.462 e. The van der Waals surface area contributed by atoms with Crippen LogP contribution in [0.5, 0.6) is 0 Å². The van der Waals surface area contributed by atoms with Crippen molar-refractivity contribution in [3.05, 3.63) is 0 Å². The van der Waals surface area contributed by atoms with E-state index in [0.29, 0.717) is 31.6 Å². The van der Waals surface area contributed by atoms with Gasteiger partial charge in [-0.05, 0) is 49.4 Å². The lowest BCUT2D eigenvalue weighted by Gasteiger charge is -2.21. The number of unbranched alkanes of at least 4 members (excludes halogenated alkanes) is 42. The molecular formula is C79H154O17P2. The Bertz CT molecular complexity index is 1920. The van der Waals surface area contributed by atoms with Crippen LogP contribution < -0.4 is 0 Å². The summed E-state index contributed by atoms with van der Waals surface area (Å²) in [7, 11) is -9.92. The fraction of sp³-hybridized carbons (Fsp3) is 0.949. The van der Waals surface area contributed by atoms with Crippen LogP contribution in [-0.2, 0) is 65.4 Å². The van der Waals surface area contributed by atoms with Gasteiger partial charge in [-0.15, -0.1) is 0 Å². The second kappa shape index (κ2) is 68.2. The maximum Gasteiger partial charge on any atom is 0.472 e. The van der Waals surface area contributed by atoms with E-state index in [0.717, 1.165) is 114 Å². The third-order valence-corrected chi connectivity index (χ3v) is 20.2. The van der Waals surface area contributed by atoms with Gasteiger partial charge < -0.3 is 33.8 Å². The third kappa shape index (κ3) is 72.4. The van der Waals surface area contributed by atoms with Gasteiger partial charge in [-0.25, -0.2) is 9.13 Å². The number of aliphatic hydroxyl groups is 1. The average Bonchev–Trinajstić information content (AvgIpc) is 0.957. The molecule has 0 aliphatic rings. The van der Waals surface area contributed by atoms with E-state index in [1.807, 2.05) is 0 Å². The summed E-state index contributed by atoms with van der Waals surface area (Å²) in [6, 6.07) is 0. The monoisotopic (exact) mass is 1440 g/mol. The molecule has 582 valence electrons. The van der Waals surface area contributed by atoms with Gasteiger partial charge in [0.1, 0.15) is 19.3 Å². The predicted octanol–water partition coefficient (Wildman–Crippen LogP) is 23.2. The van der Waals surface area contributed by atoms with Crippen molar-refractivity contribution in [3.63, 3.8) is 0 Å². The first-order valence-electron chi connectivity index (χ1n) is 40.7. The lowest BCUT2D eigenvalue weighted by molar-refractivity contribution is -0.161. The lowest BCUT2D eigenvalue weighted by atomic mass is 10.0. The van der Waals surface area contributed by atoms with Gasteiger partial charge >= 0.3 is 39.5 Å². The van der Waals surface area contributed by atoms with Crippen molar-refractivity contribution >= 4 is 39.5 Å². The highest BCUT2D eigenvalue weighted by molar-refractivity contribution is 7.47. The molecule has 5 atom stereocenters. The molecule has 0 rings (SSSR count). The maximum atomic E-state index is 13.1. The van der Waals surface area contributed by atoms with E-state index in [1.165, 1.54) is 199 Å². The van der Waals surface area contributed by atoms with E-state index in [4.69, 9.17) is 37.0 Å². The molecule has 0 aromatic heterocycles. The Morgan fingerprint density at radius 2 is 0.429 bits per heavy atom. The lowest BCUT2D eigenvalue weighted by Crippen LogP contribution is -2.30. The molecule has 0 aromatic rings. The molecule has 0 fully saturated rings. The van der Waals surface area contributed by atoms with E-state index < -0.39 is 97.5 Å². The minimum Gasteiger partial charge on any atom is -0.462 e. The van der Waals surface area contributed by atoms with E-state index in [1.54, 1.807) is 0 Å². The molecule has 0 saturated carbocycles. The van der Waals surface area contributed by atoms with Gasteiger partial charge in [0.15, 0.2) is 12.2 Å². The molecule has 0 saturated heterocycles. The van der Waals surface area contributed by atoms with Crippen molar-refractivity contribution in [2.24, 2.45) is 23.7 Å². The standard InChI is InChI=1S/C79H154O17P2/c1-69(2)55-47-39-31-25-19-13-10-9-11-15-23-29-35-45-53-61-78(83)95-74(65-89-76(81)59-51-43-34-28-22-16-12-14-20-26-32-40-48-56-70(3)4)67-93-97(85,86)91-63-73(80)64-92-98(87,88)94-68-75(66-90-77(82)60-52-44-38-37-42-50-58-72(7)8)96-79(84)62-54-46-36-30-24-18-17-21-27-33-41-49-57-71(5)6/h69-75,80H,9-68H2,1-8H3,(H,85,86)(H,87,88)/t73-,74-,75-/m1/s1. The Morgan fingerprint density at radius 3 is 0.633 bits per heavy atom. The fourth-order valence-electron chi connectivity index (χ4n) is 12.1. The zero-order chi connectivity index (χ0) is 72.4. The predicted molar refractivity (Wildman–Crippen MR) is 400 cm³/mol. The molecule has 0 aliphatic carbocycles. The summed E-state index contributed by atoms with van der Waals surface area (Å²) >= 11 is 0. The summed E-state index contributed by atoms with van der Waals surface area (Å²) in [5.74, 6) is 0.932. The largest absolute Gasteiger partial charge is 0.472 e. The summed E-state index contributed by atoms with van der Waals surface area (Å²) in [5, 5.41) is 10.6. The van der Waals surface area contributed by atoms with Crippen LogP contribution in [0.25, 0.3) is 0 Å². The van der Waals surface area contributed by atoms with Crippen LogP contribution in [0, 0.1) is 23.7 Å². The summed E-state index contributed by atoms with van der Waals surface area (Å²) in [6.07, 6.45) is 54.2. The van der Waals surface area contributed by atoms with Crippen LogP contribution in [0.1, 0.15) is 402 Å². The SMILES string of the molecule is CC(C)CCCCCCCCCCCCCCCCCC(=O)O[C@H](COC(=O)CCCCCCCCCCCCCCCC(C)C)COP(=O)(O)OC[C@@H](O)COP(=O)(O)OC[C@@H](COC(=O)CCCCCCCCC(C)C)OC(=O)CCCCCCCCCCCCCCC(C)C. The second-order valence-corrected chi connectivity index (χ2v) is 33.3. The van der Waals surface area contributed by atoms with Crippen LogP contribution in [0.2, 0.25) is 0 Å². The van der Waals surface area contributed by atoms with Gasteiger partial charge in [-0.1, -0.05) is 351 Å². The topological polar surface area (TPSA) is 237 Å². The highest BCUT2D eigenvalue weighted by Crippen LogP contribution is 2.45. The van der Waals surface area contributed by atoms with Gasteiger partial charge in [-0.3, -0.25) is 37.3 Å². The maximum absolute atomic E-state index is 13.1. The first-order valence-corrected chi connectivity index (χ1v) is 43.7. The molecule has 2 unspecified atom stereocenters. The molecule has 3 N–H and O–H groups in total. The van der Waals surface area contributed by atoms with E-state index in [9.17, 15) is 43.2 Å². The number of hydrogen-bond acceptors (Lipinski definition) is 15. The molecule has 0 aliphatic heterocycles. The van der Waals surface area contributed by atoms with Crippen LogP contribution in [0.15, 0.2) is 0 Å². The van der Waals surface area contributed by atoms with Gasteiger partial charge in [0.25, 0.3) is 0 Å². The minimum absolute atomic E-state index is 0.105. The summed E-state index contributed by atoms with van der Waals surface area (Å²) in [4.78, 5) is 72.9. The summed E-state index contributed by atoms with van der Waals surface area (Å²) in [6.45, 7) is 14.2. The molecule has 98 heavy (non-hydrogen) atoms. The zero-order valence-electron chi connectivity index (χ0n) is 64.4. The molecule has 0 aromatic carbocycles. The number of carbonyl (C=O) groups excluding carboxylic acids is 4. The number of phosphoric acid groups is 2. The number of ether oxygens (including phenoxy) is 4. The van der Waals surface area contributed by atoms with Crippen LogP contribution in [0.3, 0.4) is 0 Å². The van der Waals surface area contributed by atoms with Crippen molar-refractivity contribution in [1.29, 1.82) is 0 Å². The number of carbonyl (C=O) groups is 4.